The molecule has 1 aromatic heterocycles. The predicted molar refractivity (Wildman–Crippen MR) is 79.6 cm³/mol. The van der Waals surface area contributed by atoms with Crippen LogP contribution in [0, 0.1) is 0 Å². The molecule has 2 N–H and O–H groups in total. The Hall–Kier alpha value is -1.89. The highest BCUT2D eigenvalue weighted by molar-refractivity contribution is 5.94. The summed E-state index contributed by atoms with van der Waals surface area (Å²) < 4.78 is 10.2. The Balaban J connectivity index is 2.01. The number of fused-ring (bicyclic) bond motifs is 1. The van der Waals surface area contributed by atoms with Gasteiger partial charge >= 0.3 is 0 Å². The maximum Gasteiger partial charge on any atom is 0.273 e. The normalized spacial score (nSPS) is 17.2. The molecule has 0 fully saturated rings. The number of aromatic nitrogens is 1. The molecule has 1 aliphatic rings. The van der Waals surface area contributed by atoms with Gasteiger partial charge in [0.2, 0.25) is 5.91 Å². The SMILES string of the molecule is COCCC(=O)NC1CCc2onc(C(=O)NC(C)C)c2C1. The second-order valence-corrected chi connectivity index (χ2v) is 5.81. The molecule has 122 valence electrons. The van der Waals surface area contributed by atoms with Crippen molar-refractivity contribution in [3.63, 3.8) is 0 Å². The van der Waals surface area contributed by atoms with Crippen molar-refractivity contribution in [2.45, 2.75) is 51.6 Å². The van der Waals surface area contributed by atoms with Crippen LogP contribution >= 0.6 is 0 Å². The van der Waals surface area contributed by atoms with E-state index in [4.69, 9.17) is 9.26 Å². The molecule has 7 heteroatoms. The molecule has 2 rings (SSSR count). The first-order valence-electron chi connectivity index (χ1n) is 7.57. The largest absolute Gasteiger partial charge is 0.384 e. The van der Waals surface area contributed by atoms with Gasteiger partial charge in [0.25, 0.3) is 5.91 Å². The molecule has 1 atom stereocenters. The second kappa shape index (κ2) is 7.40. The van der Waals surface area contributed by atoms with E-state index in [9.17, 15) is 9.59 Å². The van der Waals surface area contributed by atoms with Crippen LogP contribution < -0.4 is 10.6 Å². The molecule has 2 amide bonds. The summed E-state index contributed by atoms with van der Waals surface area (Å²) in [6.07, 6.45) is 2.36. The predicted octanol–water partition coefficient (Wildman–Crippen LogP) is 0.823. The van der Waals surface area contributed by atoms with Gasteiger partial charge in [-0.25, -0.2) is 0 Å². The van der Waals surface area contributed by atoms with Crippen molar-refractivity contribution in [1.82, 2.24) is 15.8 Å². The van der Waals surface area contributed by atoms with Gasteiger partial charge < -0.3 is 19.9 Å². The zero-order chi connectivity index (χ0) is 16.1. The molecule has 0 aliphatic heterocycles. The topological polar surface area (TPSA) is 93.5 Å². The highest BCUT2D eigenvalue weighted by Crippen LogP contribution is 2.24. The van der Waals surface area contributed by atoms with Gasteiger partial charge in [0.1, 0.15) is 5.76 Å². The number of hydrogen-bond donors (Lipinski definition) is 2. The zero-order valence-corrected chi connectivity index (χ0v) is 13.3. The summed E-state index contributed by atoms with van der Waals surface area (Å²) in [6, 6.07) is 0.0369. The molecule has 0 bridgehead atoms. The van der Waals surface area contributed by atoms with E-state index >= 15 is 0 Å². The number of nitrogens with one attached hydrogen (secondary N) is 2. The molecule has 22 heavy (non-hydrogen) atoms. The summed E-state index contributed by atoms with van der Waals surface area (Å²) in [5.41, 5.74) is 1.14. The summed E-state index contributed by atoms with van der Waals surface area (Å²) in [5, 5.41) is 9.68. The molecule has 0 spiro atoms. The van der Waals surface area contributed by atoms with Gasteiger partial charge in [-0.3, -0.25) is 9.59 Å². The van der Waals surface area contributed by atoms with Crippen molar-refractivity contribution in [3.8, 4) is 0 Å². The molecule has 0 saturated carbocycles. The first-order valence-corrected chi connectivity index (χ1v) is 7.57. The van der Waals surface area contributed by atoms with Gasteiger partial charge in [-0.2, -0.15) is 0 Å². The Bertz CT molecular complexity index is 539. The lowest BCUT2D eigenvalue weighted by Gasteiger charge is -2.22. The van der Waals surface area contributed by atoms with E-state index in [2.05, 4.69) is 15.8 Å². The fourth-order valence-electron chi connectivity index (χ4n) is 2.53. The van der Waals surface area contributed by atoms with Crippen molar-refractivity contribution in [2.24, 2.45) is 0 Å². The molecule has 1 heterocycles. The van der Waals surface area contributed by atoms with Gasteiger partial charge in [-0.15, -0.1) is 0 Å². The standard InChI is InChI=1S/C15H23N3O4/c1-9(2)16-15(20)14-11-8-10(4-5-12(11)22-18-14)17-13(19)6-7-21-3/h9-10H,4-8H2,1-3H3,(H,16,20)(H,17,19). The Morgan fingerprint density at radius 2 is 2.23 bits per heavy atom. The first-order chi connectivity index (χ1) is 10.5. The van der Waals surface area contributed by atoms with Gasteiger partial charge in [0, 0.05) is 37.6 Å². The van der Waals surface area contributed by atoms with Crippen molar-refractivity contribution in [3.05, 3.63) is 17.0 Å². The van der Waals surface area contributed by atoms with Crippen molar-refractivity contribution in [2.75, 3.05) is 13.7 Å². The van der Waals surface area contributed by atoms with Crippen LogP contribution in [-0.2, 0) is 22.4 Å². The van der Waals surface area contributed by atoms with Crippen LogP contribution in [0.3, 0.4) is 0 Å². The van der Waals surface area contributed by atoms with E-state index < -0.39 is 0 Å². The van der Waals surface area contributed by atoms with Crippen LogP contribution in [0.1, 0.15) is 48.5 Å². The maximum absolute atomic E-state index is 12.1. The fraction of sp³-hybridized carbons (Fsp3) is 0.667. The molecule has 0 radical (unpaired) electrons. The molecule has 1 unspecified atom stereocenters. The Labute approximate surface area is 129 Å². The van der Waals surface area contributed by atoms with Crippen LogP contribution in [0.4, 0.5) is 0 Å². The first kappa shape index (κ1) is 16.5. The van der Waals surface area contributed by atoms with Crippen LogP contribution in [0.5, 0.6) is 0 Å². The molecule has 0 aromatic carbocycles. The third-order valence-corrected chi connectivity index (χ3v) is 3.57. The Kier molecular flexibility index (Phi) is 5.54. The average molecular weight is 309 g/mol. The number of aryl methyl sites for hydroxylation is 1. The molecule has 0 saturated heterocycles. The highest BCUT2D eigenvalue weighted by atomic mass is 16.5. The van der Waals surface area contributed by atoms with Crippen molar-refractivity contribution < 1.29 is 18.8 Å². The van der Waals surface area contributed by atoms with E-state index in [1.807, 2.05) is 13.8 Å². The highest BCUT2D eigenvalue weighted by Gasteiger charge is 2.29. The van der Waals surface area contributed by atoms with Gasteiger partial charge in [0.15, 0.2) is 5.69 Å². The maximum atomic E-state index is 12.1. The minimum Gasteiger partial charge on any atom is -0.384 e. The molecule has 7 nitrogen and oxygen atoms in total. The van der Waals surface area contributed by atoms with Gasteiger partial charge in [-0.05, 0) is 26.7 Å². The Morgan fingerprint density at radius 1 is 1.45 bits per heavy atom. The lowest BCUT2D eigenvalue weighted by Crippen LogP contribution is -2.39. The van der Waals surface area contributed by atoms with E-state index in [1.54, 1.807) is 7.11 Å². The lowest BCUT2D eigenvalue weighted by molar-refractivity contribution is -0.122. The number of carbonyl (C=O) groups excluding carboxylic acids is 2. The minimum atomic E-state index is -0.230. The summed E-state index contributed by atoms with van der Waals surface area (Å²) in [6.45, 7) is 4.19. The number of carbonyl (C=O) groups is 2. The van der Waals surface area contributed by atoms with Crippen LogP contribution in [0.25, 0.3) is 0 Å². The lowest BCUT2D eigenvalue weighted by atomic mass is 9.91. The number of ether oxygens (including phenoxy) is 1. The summed E-state index contributed by atoms with van der Waals surface area (Å²) in [4.78, 5) is 23.9. The molecular formula is C15H23N3O4. The average Bonchev–Trinajstić information content (AvgIpc) is 2.87. The number of amides is 2. The van der Waals surface area contributed by atoms with E-state index in [0.29, 0.717) is 31.6 Å². The number of rotatable bonds is 6. The summed E-state index contributed by atoms with van der Waals surface area (Å²) in [5.74, 6) is 0.475. The van der Waals surface area contributed by atoms with E-state index in [-0.39, 0.29) is 23.9 Å². The van der Waals surface area contributed by atoms with Crippen molar-refractivity contribution >= 4 is 11.8 Å². The third kappa shape index (κ3) is 4.07. The van der Waals surface area contributed by atoms with E-state index in [1.165, 1.54) is 0 Å². The summed E-state index contributed by atoms with van der Waals surface area (Å²) >= 11 is 0. The number of methoxy groups -OCH3 is 1. The molecular weight excluding hydrogens is 286 g/mol. The quantitative estimate of drug-likeness (QED) is 0.811. The zero-order valence-electron chi connectivity index (χ0n) is 13.3. The number of hydrogen-bond acceptors (Lipinski definition) is 5. The van der Waals surface area contributed by atoms with Crippen molar-refractivity contribution in [1.29, 1.82) is 0 Å². The monoisotopic (exact) mass is 309 g/mol. The number of nitrogens with zero attached hydrogens (tertiary/aromatic N) is 1. The summed E-state index contributed by atoms with van der Waals surface area (Å²) in [7, 11) is 1.57. The van der Waals surface area contributed by atoms with Crippen LogP contribution in [-0.4, -0.2) is 42.8 Å². The van der Waals surface area contributed by atoms with Gasteiger partial charge in [-0.1, -0.05) is 5.16 Å². The molecule has 1 aromatic rings. The fourth-order valence-corrected chi connectivity index (χ4v) is 2.53. The third-order valence-electron chi connectivity index (χ3n) is 3.57. The second-order valence-electron chi connectivity index (χ2n) is 5.81. The van der Waals surface area contributed by atoms with Gasteiger partial charge in [0.05, 0.1) is 6.61 Å². The minimum absolute atomic E-state index is 0.00172. The molecule has 1 aliphatic carbocycles. The Morgan fingerprint density at radius 3 is 2.91 bits per heavy atom. The van der Waals surface area contributed by atoms with Crippen LogP contribution in [0.15, 0.2) is 4.52 Å². The van der Waals surface area contributed by atoms with E-state index in [0.717, 1.165) is 17.7 Å². The van der Waals surface area contributed by atoms with Crippen LogP contribution in [0.2, 0.25) is 0 Å². The smallest absolute Gasteiger partial charge is 0.273 e.